The molecule has 0 heterocycles. The molecule has 0 aliphatic rings. The van der Waals surface area contributed by atoms with Crippen molar-refractivity contribution >= 4 is 5.69 Å². The number of unbranched alkanes of at least 4 members (excludes halogenated alkanes) is 1. The van der Waals surface area contributed by atoms with Gasteiger partial charge in [0.05, 0.1) is 0 Å². The number of nitrogens with two attached hydrogens (primary N) is 1. The van der Waals surface area contributed by atoms with Gasteiger partial charge in [-0.15, -0.1) is 0 Å². The molecule has 0 bridgehead atoms. The summed E-state index contributed by atoms with van der Waals surface area (Å²) in [5.41, 5.74) is 6.39. The highest BCUT2D eigenvalue weighted by atomic mass is 19.1. The second-order valence-corrected chi connectivity index (χ2v) is 3.56. The van der Waals surface area contributed by atoms with E-state index in [1.165, 1.54) is 6.07 Å². The molecule has 15 heavy (non-hydrogen) atoms. The number of halogens is 1. The molecule has 0 aliphatic carbocycles. The molecule has 2 N–H and O–H groups in total. The fourth-order valence-electron chi connectivity index (χ4n) is 1.59. The van der Waals surface area contributed by atoms with Gasteiger partial charge in [-0.1, -0.05) is 6.07 Å². The molecule has 2 nitrogen and oxygen atoms in total. The molecule has 0 aromatic heterocycles. The van der Waals surface area contributed by atoms with E-state index in [0.717, 1.165) is 38.2 Å². The molecule has 1 rings (SSSR count). The Bertz CT molecular complexity index is 289. The van der Waals surface area contributed by atoms with Crippen molar-refractivity contribution < 1.29 is 4.39 Å². The van der Waals surface area contributed by atoms with Crippen LogP contribution in [-0.4, -0.2) is 19.6 Å². The second kappa shape index (κ2) is 6.40. The SMILES string of the molecule is CCN(CCCCN)c1cccc(F)c1. The molecule has 1 aromatic carbocycles. The zero-order valence-electron chi connectivity index (χ0n) is 9.25. The Hall–Kier alpha value is -1.09. The highest BCUT2D eigenvalue weighted by Gasteiger charge is 2.03. The summed E-state index contributed by atoms with van der Waals surface area (Å²) in [7, 11) is 0. The number of rotatable bonds is 6. The predicted octanol–water partition coefficient (Wildman–Crippen LogP) is 2.39. The van der Waals surface area contributed by atoms with E-state index in [9.17, 15) is 4.39 Å². The first-order chi connectivity index (χ1) is 7.27. The quantitative estimate of drug-likeness (QED) is 0.730. The van der Waals surface area contributed by atoms with Crippen LogP contribution in [0.3, 0.4) is 0 Å². The maximum atomic E-state index is 13.0. The van der Waals surface area contributed by atoms with Gasteiger partial charge in [-0.05, 0) is 44.5 Å². The lowest BCUT2D eigenvalue weighted by atomic mass is 10.2. The summed E-state index contributed by atoms with van der Waals surface area (Å²) in [5, 5.41) is 0. The maximum Gasteiger partial charge on any atom is 0.125 e. The Morgan fingerprint density at radius 1 is 1.33 bits per heavy atom. The van der Waals surface area contributed by atoms with Crippen LogP contribution in [0.5, 0.6) is 0 Å². The van der Waals surface area contributed by atoms with E-state index >= 15 is 0 Å². The van der Waals surface area contributed by atoms with Gasteiger partial charge in [0.25, 0.3) is 0 Å². The highest BCUT2D eigenvalue weighted by molar-refractivity contribution is 5.46. The van der Waals surface area contributed by atoms with Crippen molar-refractivity contribution in [3.63, 3.8) is 0 Å². The summed E-state index contributed by atoms with van der Waals surface area (Å²) in [6.07, 6.45) is 2.08. The summed E-state index contributed by atoms with van der Waals surface area (Å²) in [6.45, 7) is 4.64. The van der Waals surface area contributed by atoms with Crippen molar-refractivity contribution in [1.29, 1.82) is 0 Å². The Labute approximate surface area is 90.9 Å². The summed E-state index contributed by atoms with van der Waals surface area (Å²) >= 11 is 0. The van der Waals surface area contributed by atoms with Crippen molar-refractivity contribution in [3.05, 3.63) is 30.1 Å². The van der Waals surface area contributed by atoms with E-state index in [-0.39, 0.29) is 5.82 Å². The number of hydrogen-bond acceptors (Lipinski definition) is 2. The van der Waals surface area contributed by atoms with Crippen molar-refractivity contribution in [2.75, 3.05) is 24.5 Å². The van der Waals surface area contributed by atoms with Gasteiger partial charge in [0.15, 0.2) is 0 Å². The van der Waals surface area contributed by atoms with Crippen LogP contribution in [0.2, 0.25) is 0 Å². The lowest BCUT2D eigenvalue weighted by Crippen LogP contribution is -2.24. The number of anilines is 1. The molecule has 3 heteroatoms. The molecule has 0 spiro atoms. The third-order valence-corrected chi connectivity index (χ3v) is 2.44. The van der Waals surface area contributed by atoms with Gasteiger partial charge in [-0.3, -0.25) is 0 Å². The molecule has 84 valence electrons. The summed E-state index contributed by atoms with van der Waals surface area (Å²) in [4.78, 5) is 2.17. The first-order valence-corrected chi connectivity index (χ1v) is 5.48. The van der Waals surface area contributed by atoms with Crippen LogP contribution in [0.15, 0.2) is 24.3 Å². The van der Waals surface area contributed by atoms with E-state index in [4.69, 9.17) is 5.73 Å². The fourth-order valence-corrected chi connectivity index (χ4v) is 1.59. The number of nitrogens with zero attached hydrogens (tertiary/aromatic N) is 1. The largest absolute Gasteiger partial charge is 0.372 e. The van der Waals surface area contributed by atoms with Crippen LogP contribution in [0.1, 0.15) is 19.8 Å². The third-order valence-electron chi connectivity index (χ3n) is 2.44. The molecule has 0 radical (unpaired) electrons. The number of benzene rings is 1. The normalized spacial score (nSPS) is 10.3. The van der Waals surface area contributed by atoms with Crippen molar-refractivity contribution in [3.8, 4) is 0 Å². The lowest BCUT2D eigenvalue weighted by Gasteiger charge is -2.22. The average Bonchev–Trinajstić information content (AvgIpc) is 2.24. The van der Waals surface area contributed by atoms with Gasteiger partial charge in [0, 0.05) is 18.8 Å². The number of hydrogen-bond donors (Lipinski definition) is 1. The molecule has 1 aromatic rings. The minimum atomic E-state index is -0.176. The Kier molecular flexibility index (Phi) is 5.12. The molecule has 0 atom stereocenters. The molecular weight excluding hydrogens is 191 g/mol. The van der Waals surface area contributed by atoms with Crippen LogP contribution < -0.4 is 10.6 Å². The lowest BCUT2D eigenvalue weighted by molar-refractivity contribution is 0.625. The van der Waals surface area contributed by atoms with Gasteiger partial charge in [-0.2, -0.15) is 0 Å². The minimum Gasteiger partial charge on any atom is -0.372 e. The second-order valence-electron chi connectivity index (χ2n) is 3.56. The zero-order chi connectivity index (χ0) is 11.1. The predicted molar refractivity (Wildman–Crippen MR) is 62.6 cm³/mol. The molecule has 0 fully saturated rings. The van der Waals surface area contributed by atoms with Crippen molar-refractivity contribution in [1.82, 2.24) is 0 Å². The average molecular weight is 210 g/mol. The summed E-state index contributed by atoms with van der Waals surface area (Å²) < 4.78 is 13.0. The third kappa shape index (κ3) is 3.88. The van der Waals surface area contributed by atoms with Gasteiger partial charge in [0.1, 0.15) is 5.82 Å². The molecule has 0 saturated heterocycles. The first kappa shape index (κ1) is 12.0. The zero-order valence-corrected chi connectivity index (χ0v) is 9.25. The standard InChI is InChI=1S/C12H19FN2/c1-2-15(9-4-3-8-14)12-7-5-6-11(13)10-12/h5-7,10H,2-4,8-9,14H2,1H3. The summed E-state index contributed by atoms with van der Waals surface area (Å²) in [5.74, 6) is -0.176. The van der Waals surface area contributed by atoms with E-state index in [1.807, 2.05) is 6.07 Å². The van der Waals surface area contributed by atoms with Crippen molar-refractivity contribution in [2.45, 2.75) is 19.8 Å². The Balaban J connectivity index is 2.57. The van der Waals surface area contributed by atoms with Crippen LogP contribution in [0.4, 0.5) is 10.1 Å². The van der Waals surface area contributed by atoms with Crippen molar-refractivity contribution in [2.24, 2.45) is 5.73 Å². The van der Waals surface area contributed by atoms with E-state index in [0.29, 0.717) is 0 Å². The van der Waals surface area contributed by atoms with Crippen LogP contribution in [-0.2, 0) is 0 Å². The van der Waals surface area contributed by atoms with Gasteiger partial charge in [0.2, 0.25) is 0 Å². The van der Waals surface area contributed by atoms with Crippen LogP contribution in [0, 0.1) is 5.82 Å². The Morgan fingerprint density at radius 3 is 2.73 bits per heavy atom. The smallest absolute Gasteiger partial charge is 0.125 e. The van der Waals surface area contributed by atoms with E-state index < -0.39 is 0 Å². The van der Waals surface area contributed by atoms with Gasteiger partial charge in [-0.25, -0.2) is 4.39 Å². The molecular formula is C12H19FN2. The van der Waals surface area contributed by atoms with E-state index in [2.05, 4.69) is 11.8 Å². The van der Waals surface area contributed by atoms with Crippen LogP contribution >= 0.6 is 0 Å². The maximum absolute atomic E-state index is 13.0. The Morgan fingerprint density at radius 2 is 2.13 bits per heavy atom. The molecule has 0 aliphatic heterocycles. The van der Waals surface area contributed by atoms with E-state index in [1.54, 1.807) is 12.1 Å². The topological polar surface area (TPSA) is 29.3 Å². The molecule has 0 unspecified atom stereocenters. The van der Waals surface area contributed by atoms with Crippen LogP contribution in [0.25, 0.3) is 0 Å². The van der Waals surface area contributed by atoms with Gasteiger partial charge >= 0.3 is 0 Å². The first-order valence-electron chi connectivity index (χ1n) is 5.48. The molecule has 0 saturated carbocycles. The summed E-state index contributed by atoms with van der Waals surface area (Å²) in [6, 6.07) is 6.73. The fraction of sp³-hybridized carbons (Fsp3) is 0.500. The highest BCUT2D eigenvalue weighted by Crippen LogP contribution is 2.15. The minimum absolute atomic E-state index is 0.176. The monoisotopic (exact) mass is 210 g/mol. The van der Waals surface area contributed by atoms with Gasteiger partial charge < -0.3 is 10.6 Å². The molecule has 0 amide bonds.